The van der Waals surface area contributed by atoms with Crippen molar-refractivity contribution in [2.24, 2.45) is 23.7 Å². The highest BCUT2D eigenvalue weighted by Gasteiger charge is 2.49. The van der Waals surface area contributed by atoms with E-state index in [-0.39, 0.29) is 23.8 Å². The lowest BCUT2D eigenvalue weighted by molar-refractivity contribution is -0.131. The zero-order valence-electron chi connectivity index (χ0n) is 14.3. The number of hydrogen-bond donors (Lipinski definition) is 3. The quantitative estimate of drug-likeness (QED) is 0.687. The Balaban J connectivity index is 1.30. The lowest BCUT2D eigenvalue weighted by Crippen LogP contribution is -2.51. The van der Waals surface area contributed by atoms with Crippen LogP contribution >= 0.6 is 0 Å². The van der Waals surface area contributed by atoms with Crippen molar-refractivity contribution in [1.82, 2.24) is 16.0 Å². The summed E-state index contributed by atoms with van der Waals surface area (Å²) in [5.74, 6) is 2.19. The highest BCUT2D eigenvalue weighted by atomic mass is 16.2. The third-order valence-electron chi connectivity index (χ3n) is 7.03. The monoisotopic (exact) mass is 333 g/mol. The molecular formula is C18H27N3O3. The first-order valence-corrected chi connectivity index (χ1v) is 9.41. The normalized spacial score (nSPS) is 42.0. The van der Waals surface area contributed by atoms with Crippen LogP contribution in [0.1, 0.15) is 58.3 Å². The molecule has 0 aromatic carbocycles. The average molecular weight is 333 g/mol. The summed E-state index contributed by atoms with van der Waals surface area (Å²) in [6.07, 6.45) is 7.73. The zero-order valence-corrected chi connectivity index (χ0v) is 14.3. The molecule has 4 fully saturated rings. The first-order valence-electron chi connectivity index (χ1n) is 9.41. The molecule has 24 heavy (non-hydrogen) atoms. The Hall–Kier alpha value is -1.59. The van der Waals surface area contributed by atoms with E-state index in [2.05, 4.69) is 22.9 Å². The Morgan fingerprint density at radius 3 is 2.46 bits per heavy atom. The van der Waals surface area contributed by atoms with Gasteiger partial charge in [0.15, 0.2) is 0 Å². The van der Waals surface area contributed by atoms with Crippen LogP contribution in [0.5, 0.6) is 0 Å². The number of carbonyl (C=O) groups excluding carboxylic acids is 3. The molecule has 132 valence electrons. The van der Waals surface area contributed by atoms with Gasteiger partial charge in [-0.3, -0.25) is 14.9 Å². The van der Waals surface area contributed by atoms with Crippen molar-refractivity contribution in [2.45, 2.75) is 69.9 Å². The summed E-state index contributed by atoms with van der Waals surface area (Å²) >= 11 is 0. The number of hydrogen-bond acceptors (Lipinski definition) is 3. The molecule has 1 spiro atoms. The molecule has 1 aliphatic heterocycles. The van der Waals surface area contributed by atoms with Crippen molar-refractivity contribution in [1.29, 1.82) is 0 Å². The summed E-state index contributed by atoms with van der Waals surface area (Å²) in [6.45, 7) is 2.15. The predicted molar refractivity (Wildman–Crippen MR) is 87.9 cm³/mol. The minimum atomic E-state index is -0.774. The molecule has 4 rings (SSSR count). The Labute approximate surface area is 142 Å². The maximum Gasteiger partial charge on any atom is 0.322 e. The molecule has 6 nitrogen and oxygen atoms in total. The lowest BCUT2D eigenvalue weighted by Gasteiger charge is -2.35. The summed E-state index contributed by atoms with van der Waals surface area (Å²) in [7, 11) is 0. The number of amides is 4. The van der Waals surface area contributed by atoms with Crippen LogP contribution in [0.15, 0.2) is 0 Å². The van der Waals surface area contributed by atoms with Gasteiger partial charge in [0, 0.05) is 12.0 Å². The highest BCUT2D eigenvalue weighted by Crippen LogP contribution is 2.49. The second-order valence-corrected chi connectivity index (χ2v) is 8.40. The first kappa shape index (κ1) is 15.9. The zero-order chi connectivity index (χ0) is 16.9. The van der Waals surface area contributed by atoms with E-state index >= 15 is 0 Å². The van der Waals surface area contributed by atoms with Gasteiger partial charge >= 0.3 is 6.03 Å². The van der Waals surface area contributed by atoms with Crippen molar-refractivity contribution >= 4 is 17.8 Å². The van der Waals surface area contributed by atoms with Crippen LogP contribution in [-0.2, 0) is 9.59 Å². The van der Waals surface area contributed by atoms with Gasteiger partial charge in [-0.15, -0.1) is 0 Å². The minimum absolute atomic E-state index is 0.0398. The van der Waals surface area contributed by atoms with Crippen LogP contribution < -0.4 is 16.0 Å². The van der Waals surface area contributed by atoms with E-state index in [0.29, 0.717) is 31.6 Å². The molecule has 3 aliphatic carbocycles. The molecule has 3 saturated carbocycles. The van der Waals surface area contributed by atoms with Crippen molar-refractivity contribution in [3.8, 4) is 0 Å². The Morgan fingerprint density at radius 1 is 1.17 bits per heavy atom. The first-order chi connectivity index (χ1) is 11.5. The third kappa shape index (κ3) is 2.60. The summed E-state index contributed by atoms with van der Waals surface area (Å²) in [5, 5.41) is 8.32. The molecular weight excluding hydrogens is 306 g/mol. The molecule has 0 aromatic rings. The van der Waals surface area contributed by atoms with Gasteiger partial charge in [-0.25, -0.2) is 4.79 Å². The number of nitrogens with one attached hydrogen (secondary N) is 3. The second kappa shape index (κ2) is 5.74. The maximum atomic E-state index is 12.6. The van der Waals surface area contributed by atoms with E-state index in [1.807, 2.05) is 0 Å². The van der Waals surface area contributed by atoms with Gasteiger partial charge in [0.05, 0.1) is 0 Å². The van der Waals surface area contributed by atoms with Gasteiger partial charge < -0.3 is 10.6 Å². The van der Waals surface area contributed by atoms with E-state index in [1.165, 1.54) is 25.7 Å². The van der Waals surface area contributed by atoms with Gasteiger partial charge in [-0.05, 0) is 69.6 Å². The molecule has 4 atom stereocenters. The Morgan fingerprint density at radius 2 is 1.92 bits per heavy atom. The maximum absolute atomic E-state index is 12.6. The summed E-state index contributed by atoms with van der Waals surface area (Å²) in [4.78, 5) is 36.0. The molecule has 2 bridgehead atoms. The smallest absolute Gasteiger partial charge is 0.322 e. The largest absolute Gasteiger partial charge is 0.353 e. The van der Waals surface area contributed by atoms with Crippen LogP contribution in [0.3, 0.4) is 0 Å². The Bertz CT molecular complexity index is 568. The molecule has 1 heterocycles. The van der Waals surface area contributed by atoms with E-state index < -0.39 is 11.6 Å². The second-order valence-electron chi connectivity index (χ2n) is 8.40. The van der Waals surface area contributed by atoms with Crippen molar-refractivity contribution < 1.29 is 14.4 Å². The van der Waals surface area contributed by atoms with Crippen LogP contribution in [0.25, 0.3) is 0 Å². The number of urea groups is 1. The average Bonchev–Trinajstić information content (AvgIpc) is 3.23. The molecule has 3 N–H and O–H groups in total. The SMILES string of the molecule is CC(NC(=O)C1CCC2(CC1)NC(=O)NC2=O)C1CC2CCC1C2. The fraction of sp³-hybridized carbons (Fsp3) is 0.833. The van der Waals surface area contributed by atoms with E-state index in [0.717, 1.165) is 11.8 Å². The van der Waals surface area contributed by atoms with Gasteiger partial charge in [-0.1, -0.05) is 6.42 Å². The number of imide groups is 1. The fourth-order valence-electron chi connectivity index (χ4n) is 5.61. The molecule has 4 amide bonds. The standard InChI is InChI=1S/C18H27N3O3/c1-10(14-9-11-2-3-13(14)8-11)19-15(22)12-4-6-18(7-5-12)16(23)20-17(24)21-18/h10-14H,2-9H2,1H3,(H,19,22)(H2,20,21,23,24). The number of carbonyl (C=O) groups is 3. The number of fused-ring (bicyclic) bond motifs is 2. The van der Waals surface area contributed by atoms with E-state index in [1.54, 1.807) is 0 Å². The van der Waals surface area contributed by atoms with Gasteiger partial charge in [0.25, 0.3) is 5.91 Å². The highest BCUT2D eigenvalue weighted by molar-refractivity contribution is 6.07. The molecule has 4 unspecified atom stereocenters. The fourth-order valence-corrected chi connectivity index (χ4v) is 5.61. The topological polar surface area (TPSA) is 87.3 Å². The van der Waals surface area contributed by atoms with Crippen LogP contribution in [0.4, 0.5) is 4.79 Å². The van der Waals surface area contributed by atoms with Gasteiger partial charge in [0.2, 0.25) is 5.91 Å². The van der Waals surface area contributed by atoms with Gasteiger partial charge in [0.1, 0.15) is 5.54 Å². The van der Waals surface area contributed by atoms with Crippen molar-refractivity contribution in [3.63, 3.8) is 0 Å². The summed E-state index contributed by atoms with van der Waals surface area (Å²) in [6, 6.07) is -0.161. The number of rotatable bonds is 3. The minimum Gasteiger partial charge on any atom is -0.353 e. The van der Waals surface area contributed by atoms with Crippen LogP contribution in [0, 0.1) is 23.7 Å². The molecule has 4 aliphatic rings. The van der Waals surface area contributed by atoms with Gasteiger partial charge in [-0.2, -0.15) is 0 Å². The molecule has 0 aromatic heterocycles. The van der Waals surface area contributed by atoms with Crippen LogP contribution in [0.2, 0.25) is 0 Å². The van der Waals surface area contributed by atoms with E-state index in [4.69, 9.17) is 0 Å². The molecule has 0 radical (unpaired) electrons. The molecule has 1 saturated heterocycles. The van der Waals surface area contributed by atoms with E-state index in [9.17, 15) is 14.4 Å². The van der Waals surface area contributed by atoms with Crippen LogP contribution in [-0.4, -0.2) is 29.4 Å². The summed E-state index contributed by atoms with van der Waals surface area (Å²) < 4.78 is 0. The molecule has 6 heteroatoms. The lowest BCUT2D eigenvalue weighted by atomic mass is 9.76. The third-order valence-corrected chi connectivity index (χ3v) is 7.03. The van der Waals surface area contributed by atoms with Crippen molar-refractivity contribution in [2.75, 3.05) is 0 Å². The van der Waals surface area contributed by atoms with Crippen molar-refractivity contribution in [3.05, 3.63) is 0 Å². The Kier molecular flexibility index (Phi) is 3.81. The predicted octanol–water partition coefficient (Wildman–Crippen LogP) is 1.70. The summed E-state index contributed by atoms with van der Waals surface area (Å²) in [5.41, 5.74) is -0.774.